The number of carbonyl (C=O) groups is 4. The molecule has 9 rings (SSSR count). The highest BCUT2D eigenvalue weighted by molar-refractivity contribution is 6.31. The van der Waals surface area contributed by atoms with Crippen molar-refractivity contribution in [3.63, 3.8) is 0 Å². The first-order valence-electron chi connectivity index (χ1n) is 14.8. The van der Waals surface area contributed by atoms with Crippen LogP contribution in [0.4, 0.5) is 11.4 Å². The first kappa shape index (κ1) is 26.8. The Balaban J connectivity index is 1.01. The van der Waals surface area contributed by atoms with Gasteiger partial charge in [0, 0.05) is 35.5 Å². The molecular weight excluding hydrogens is 576 g/mol. The number of esters is 1. The first-order valence-corrected chi connectivity index (χ1v) is 15.1. The molecule has 0 radical (unpaired) electrons. The molecule has 3 aliphatic carbocycles. The van der Waals surface area contributed by atoms with Gasteiger partial charge in [-0.2, -0.15) is 0 Å². The minimum absolute atomic E-state index is 0.0368. The molecule has 3 amide bonds. The number of hydrogen-bond donors (Lipinski definition) is 0. The SMILES string of the molecule is Cc1ccc(N2C[C@H](C(=O)Oc3ccc(N4C(=O)[C@@H]5C6c7ccccc7C(c7ccccc76)[C@@H]5C4=O)cc3)CC2=O)cc1Cl. The average molecular weight is 603 g/mol. The Morgan fingerprint density at radius 3 is 1.80 bits per heavy atom. The summed E-state index contributed by atoms with van der Waals surface area (Å²) < 4.78 is 5.64. The number of ether oxygens (including phenoxy) is 1. The maximum Gasteiger partial charge on any atom is 0.316 e. The van der Waals surface area contributed by atoms with Crippen molar-refractivity contribution >= 4 is 46.7 Å². The number of anilines is 2. The Bertz CT molecular complexity index is 1790. The highest BCUT2D eigenvalue weighted by Gasteiger charge is 2.61. The van der Waals surface area contributed by atoms with Gasteiger partial charge in [-0.25, -0.2) is 4.90 Å². The summed E-state index contributed by atoms with van der Waals surface area (Å²) in [4.78, 5) is 56.6. The van der Waals surface area contributed by atoms with E-state index >= 15 is 0 Å². The lowest BCUT2D eigenvalue weighted by Crippen LogP contribution is -2.41. The number of imide groups is 1. The summed E-state index contributed by atoms with van der Waals surface area (Å²) in [6.07, 6.45) is 0.0368. The molecule has 4 aromatic rings. The molecule has 0 N–H and O–H groups in total. The van der Waals surface area contributed by atoms with Crippen molar-refractivity contribution in [2.24, 2.45) is 17.8 Å². The number of nitrogens with zero attached hydrogens (tertiary/aromatic N) is 2. The minimum atomic E-state index is -0.633. The first-order chi connectivity index (χ1) is 21.3. The quantitative estimate of drug-likeness (QED) is 0.162. The Morgan fingerprint density at radius 2 is 1.27 bits per heavy atom. The zero-order chi connectivity index (χ0) is 30.3. The van der Waals surface area contributed by atoms with Gasteiger partial charge in [0.05, 0.1) is 23.4 Å². The van der Waals surface area contributed by atoms with E-state index in [1.165, 1.54) is 4.90 Å². The Morgan fingerprint density at radius 1 is 0.750 bits per heavy atom. The van der Waals surface area contributed by atoms with Gasteiger partial charge in [0.15, 0.2) is 0 Å². The fourth-order valence-corrected chi connectivity index (χ4v) is 7.83. The number of amides is 3. The van der Waals surface area contributed by atoms with Crippen LogP contribution in [-0.4, -0.2) is 30.2 Å². The molecule has 0 unspecified atom stereocenters. The Kier molecular flexibility index (Phi) is 6.04. The summed E-state index contributed by atoms with van der Waals surface area (Å²) in [5.74, 6) is -2.75. The van der Waals surface area contributed by atoms with E-state index in [0.29, 0.717) is 16.4 Å². The molecule has 2 fully saturated rings. The van der Waals surface area contributed by atoms with Crippen LogP contribution in [0.25, 0.3) is 0 Å². The maximum atomic E-state index is 14.0. The fraction of sp³-hybridized carbons (Fsp3) is 0.222. The third kappa shape index (κ3) is 3.88. The van der Waals surface area contributed by atoms with Gasteiger partial charge in [-0.05, 0) is 71.1 Å². The van der Waals surface area contributed by atoms with Crippen LogP contribution in [0, 0.1) is 24.7 Å². The van der Waals surface area contributed by atoms with Crippen LogP contribution < -0.4 is 14.5 Å². The molecule has 7 nitrogen and oxygen atoms in total. The van der Waals surface area contributed by atoms with E-state index < -0.39 is 23.7 Å². The van der Waals surface area contributed by atoms with Gasteiger partial charge in [0.2, 0.25) is 17.7 Å². The van der Waals surface area contributed by atoms with E-state index in [1.54, 1.807) is 35.2 Å². The van der Waals surface area contributed by atoms with Crippen molar-refractivity contribution in [1.82, 2.24) is 0 Å². The largest absolute Gasteiger partial charge is 0.426 e. The molecule has 4 aromatic carbocycles. The van der Waals surface area contributed by atoms with Crippen molar-refractivity contribution in [3.05, 3.63) is 124 Å². The lowest BCUT2D eigenvalue weighted by Gasteiger charge is -2.45. The molecule has 8 heteroatoms. The van der Waals surface area contributed by atoms with Crippen LogP contribution in [0.1, 0.15) is 46.1 Å². The number of hydrogen-bond acceptors (Lipinski definition) is 5. The van der Waals surface area contributed by atoms with E-state index in [1.807, 2.05) is 43.3 Å². The predicted molar refractivity (Wildman–Crippen MR) is 165 cm³/mol. The molecule has 2 bridgehead atoms. The second kappa shape index (κ2) is 9.89. The molecule has 5 aliphatic rings. The number of halogens is 1. The zero-order valence-corrected chi connectivity index (χ0v) is 24.5. The number of carbonyl (C=O) groups excluding carboxylic acids is 4. The monoisotopic (exact) mass is 602 g/mol. The van der Waals surface area contributed by atoms with Gasteiger partial charge < -0.3 is 9.64 Å². The normalized spacial score (nSPS) is 24.8. The summed E-state index contributed by atoms with van der Waals surface area (Å²) in [5, 5.41) is 0.553. The van der Waals surface area contributed by atoms with Crippen molar-refractivity contribution in [1.29, 1.82) is 0 Å². The van der Waals surface area contributed by atoms with Crippen molar-refractivity contribution in [2.45, 2.75) is 25.2 Å². The lowest BCUT2D eigenvalue weighted by atomic mass is 9.55. The zero-order valence-electron chi connectivity index (χ0n) is 23.8. The van der Waals surface area contributed by atoms with Crippen LogP contribution in [0.5, 0.6) is 5.75 Å². The van der Waals surface area contributed by atoms with Crippen LogP contribution in [0.3, 0.4) is 0 Å². The van der Waals surface area contributed by atoms with Crippen LogP contribution in [0.2, 0.25) is 5.02 Å². The van der Waals surface area contributed by atoms with Crippen LogP contribution >= 0.6 is 11.6 Å². The van der Waals surface area contributed by atoms with E-state index in [0.717, 1.165) is 27.8 Å². The Hall–Kier alpha value is -4.75. The molecule has 0 saturated carbocycles. The van der Waals surface area contributed by atoms with Crippen LogP contribution in [-0.2, 0) is 19.2 Å². The van der Waals surface area contributed by atoms with Gasteiger partial charge in [-0.3, -0.25) is 19.2 Å². The number of benzene rings is 4. The third-order valence-electron chi connectivity index (χ3n) is 9.69. The molecule has 218 valence electrons. The van der Waals surface area contributed by atoms with Crippen molar-refractivity contribution in [3.8, 4) is 5.75 Å². The summed E-state index contributed by atoms with van der Waals surface area (Å²) in [7, 11) is 0. The van der Waals surface area contributed by atoms with E-state index in [-0.39, 0.29) is 48.3 Å². The van der Waals surface area contributed by atoms with Crippen LogP contribution in [0.15, 0.2) is 91.0 Å². The lowest BCUT2D eigenvalue weighted by molar-refractivity contribution is -0.139. The average Bonchev–Trinajstić information content (AvgIpc) is 3.56. The summed E-state index contributed by atoms with van der Waals surface area (Å²) in [6.45, 7) is 2.08. The minimum Gasteiger partial charge on any atom is -0.426 e. The Labute approximate surface area is 259 Å². The van der Waals surface area contributed by atoms with Crippen molar-refractivity contribution in [2.75, 3.05) is 16.3 Å². The molecular formula is C36H27ClN2O5. The second-order valence-corrected chi connectivity index (χ2v) is 12.4. The highest BCUT2D eigenvalue weighted by Crippen LogP contribution is 2.61. The van der Waals surface area contributed by atoms with E-state index in [4.69, 9.17) is 16.3 Å². The standard InChI is InChI=1S/C36H27ClN2O5/c1-19-10-11-22(17-28(19)37)38-18-20(16-29(38)40)36(43)44-23-14-12-21(13-15-23)39-34(41)32-30-24-6-2-3-7-25(24)31(33(32)35(39)42)27-9-5-4-8-26(27)30/h2-15,17,20,30-33H,16,18H2,1H3/t20-,30?,31?,32-,33+/m1/s1. The summed E-state index contributed by atoms with van der Waals surface area (Å²) >= 11 is 6.24. The van der Waals surface area contributed by atoms with Gasteiger partial charge in [0.1, 0.15) is 5.75 Å². The van der Waals surface area contributed by atoms with Gasteiger partial charge in [-0.1, -0.05) is 66.2 Å². The third-order valence-corrected chi connectivity index (χ3v) is 10.1. The molecule has 2 saturated heterocycles. The number of aryl methyl sites for hydroxylation is 1. The summed E-state index contributed by atoms with van der Waals surface area (Å²) in [5.41, 5.74) is 6.48. The molecule has 44 heavy (non-hydrogen) atoms. The molecule has 2 heterocycles. The summed E-state index contributed by atoms with van der Waals surface area (Å²) in [6, 6.07) is 28.1. The smallest absolute Gasteiger partial charge is 0.316 e. The fourth-order valence-electron chi connectivity index (χ4n) is 7.66. The molecule has 2 aliphatic heterocycles. The van der Waals surface area contributed by atoms with E-state index in [2.05, 4.69) is 24.3 Å². The maximum absolute atomic E-state index is 14.0. The van der Waals surface area contributed by atoms with Gasteiger partial charge >= 0.3 is 5.97 Å². The molecule has 3 atom stereocenters. The number of rotatable bonds is 4. The highest BCUT2D eigenvalue weighted by atomic mass is 35.5. The predicted octanol–water partition coefficient (Wildman–Crippen LogP) is 6.00. The van der Waals surface area contributed by atoms with Gasteiger partial charge in [0.25, 0.3) is 0 Å². The molecule has 0 spiro atoms. The topological polar surface area (TPSA) is 84.0 Å². The molecule has 0 aromatic heterocycles. The van der Waals surface area contributed by atoms with Gasteiger partial charge in [-0.15, -0.1) is 0 Å². The van der Waals surface area contributed by atoms with Crippen molar-refractivity contribution < 1.29 is 23.9 Å². The van der Waals surface area contributed by atoms with E-state index in [9.17, 15) is 19.2 Å². The second-order valence-electron chi connectivity index (χ2n) is 12.0.